The van der Waals surface area contributed by atoms with Gasteiger partial charge in [0, 0.05) is 12.4 Å². The molecule has 0 atom stereocenters. The topological polar surface area (TPSA) is 67.5 Å². The molecule has 84 valence electrons. The van der Waals surface area contributed by atoms with Gasteiger partial charge in [0.05, 0.1) is 16.6 Å². The number of thiophene rings is 1. The van der Waals surface area contributed by atoms with Gasteiger partial charge in [-0.1, -0.05) is 6.07 Å². The van der Waals surface area contributed by atoms with Crippen LogP contribution in [0.2, 0.25) is 0 Å². The Morgan fingerprint density at radius 1 is 1.47 bits per heavy atom. The largest absolute Gasteiger partial charge is 0.476 e. The van der Waals surface area contributed by atoms with E-state index in [0.717, 1.165) is 4.88 Å². The molecule has 0 saturated heterocycles. The smallest absolute Gasteiger partial charge is 0.356 e. The van der Waals surface area contributed by atoms with E-state index in [9.17, 15) is 4.79 Å². The SMILES string of the molecule is O=C(O)c1nc(-c2cccs2)n2ccncc12. The van der Waals surface area contributed by atoms with Crippen molar-refractivity contribution in [2.45, 2.75) is 0 Å². The molecule has 17 heavy (non-hydrogen) atoms. The molecule has 0 aliphatic rings. The Hall–Kier alpha value is -2.21. The highest BCUT2D eigenvalue weighted by Gasteiger charge is 2.17. The monoisotopic (exact) mass is 245 g/mol. The molecule has 3 rings (SSSR count). The van der Waals surface area contributed by atoms with E-state index in [-0.39, 0.29) is 5.69 Å². The zero-order valence-corrected chi connectivity index (χ0v) is 9.39. The zero-order valence-electron chi connectivity index (χ0n) is 8.57. The van der Waals surface area contributed by atoms with Gasteiger partial charge >= 0.3 is 5.97 Å². The number of carboxylic acids is 1. The van der Waals surface area contributed by atoms with Crippen molar-refractivity contribution in [3.8, 4) is 10.7 Å². The Kier molecular flexibility index (Phi) is 2.15. The molecular formula is C11H7N3O2S. The fraction of sp³-hybridized carbons (Fsp3) is 0. The van der Waals surface area contributed by atoms with Gasteiger partial charge in [-0.05, 0) is 11.4 Å². The highest BCUT2D eigenvalue weighted by atomic mass is 32.1. The maximum absolute atomic E-state index is 11.1. The summed E-state index contributed by atoms with van der Waals surface area (Å²) in [6.45, 7) is 0. The van der Waals surface area contributed by atoms with Crippen LogP contribution in [-0.4, -0.2) is 25.4 Å². The van der Waals surface area contributed by atoms with Crippen molar-refractivity contribution in [1.82, 2.24) is 14.4 Å². The molecule has 3 aromatic heterocycles. The van der Waals surface area contributed by atoms with Gasteiger partial charge < -0.3 is 5.11 Å². The summed E-state index contributed by atoms with van der Waals surface area (Å²) in [7, 11) is 0. The summed E-state index contributed by atoms with van der Waals surface area (Å²) in [5.74, 6) is -0.409. The minimum Gasteiger partial charge on any atom is -0.476 e. The van der Waals surface area contributed by atoms with Crippen molar-refractivity contribution in [2.24, 2.45) is 0 Å². The van der Waals surface area contributed by atoms with Gasteiger partial charge in [-0.15, -0.1) is 11.3 Å². The van der Waals surface area contributed by atoms with E-state index in [2.05, 4.69) is 9.97 Å². The van der Waals surface area contributed by atoms with E-state index in [0.29, 0.717) is 11.3 Å². The summed E-state index contributed by atoms with van der Waals surface area (Å²) in [5, 5.41) is 11.0. The number of aromatic nitrogens is 3. The minimum atomic E-state index is -1.04. The first kappa shape index (κ1) is 9.98. The van der Waals surface area contributed by atoms with Gasteiger partial charge in [-0.2, -0.15) is 0 Å². The molecule has 3 aromatic rings. The number of carboxylic acid groups (broad SMARTS) is 1. The maximum atomic E-state index is 11.1. The molecule has 6 heteroatoms. The second-order valence-corrected chi connectivity index (χ2v) is 4.35. The van der Waals surface area contributed by atoms with Crippen LogP contribution >= 0.6 is 11.3 Å². The van der Waals surface area contributed by atoms with Crippen LogP contribution in [0.15, 0.2) is 36.1 Å². The number of carbonyl (C=O) groups is 1. The molecule has 0 aliphatic heterocycles. The molecule has 0 unspecified atom stereocenters. The van der Waals surface area contributed by atoms with Crippen molar-refractivity contribution < 1.29 is 9.90 Å². The highest BCUT2D eigenvalue weighted by Crippen LogP contribution is 2.26. The summed E-state index contributed by atoms with van der Waals surface area (Å²) >= 11 is 1.52. The van der Waals surface area contributed by atoms with E-state index in [4.69, 9.17) is 5.11 Å². The van der Waals surface area contributed by atoms with E-state index in [1.54, 1.807) is 16.8 Å². The average molecular weight is 245 g/mol. The number of hydrogen-bond acceptors (Lipinski definition) is 4. The van der Waals surface area contributed by atoms with E-state index < -0.39 is 5.97 Å². The zero-order chi connectivity index (χ0) is 11.8. The number of imidazole rings is 1. The quantitative estimate of drug-likeness (QED) is 0.751. The van der Waals surface area contributed by atoms with Gasteiger partial charge in [0.2, 0.25) is 0 Å². The summed E-state index contributed by atoms with van der Waals surface area (Å²) in [6.07, 6.45) is 4.83. The van der Waals surface area contributed by atoms with E-state index in [1.165, 1.54) is 17.5 Å². The van der Waals surface area contributed by atoms with Crippen LogP contribution in [0.25, 0.3) is 16.2 Å². The second-order valence-electron chi connectivity index (χ2n) is 3.40. The average Bonchev–Trinajstić information content (AvgIpc) is 2.95. The van der Waals surface area contributed by atoms with Crippen LogP contribution < -0.4 is 0 Å². The fourth-order valence-corrected chi connectivity index (χ4v) is 2.39. The molecule has 0 fully saturated rings. The van der Waals surface area contributed by atoms with Crippen LogP contribution in [-0.2, 0) is 0 Å². The Morgan fingerprint density at radius 2 is 2.35 bits per heavy atom. The van der Waals surface area contributed by atoms with Crippen molar-refractivity contribution in [3.05, 3.63) is 41.8 Å². The number of rotatable bonds is 2. The predicted octanol–water partition coefficient (Wildman–Crippen LogP) is 2.16. The molecule has 1 N–H and O–H groups in total. The van der Waals surface area contributed by atoms with Crippen LogP contribution in [0, 0.1) is 0 Å². The van der Waals surface area contributed by atoms with Crippen molar-refractivity contribution >= 4 is 22.8 Å². The normalized spacial score (nSPS) is 10.8. The van der Waals surface area contributed by atoms with Crippen LogP contribution in [0.1, 0.15) is 10.5 Å². The number of fused-ring (bicyclic) bond motifs is 1. The standard InChI is InChI=1S/C11H7N3O2S/c15-11(16)9-7-6-12-3-4-14(7)10(13-9)8-2-1-5-17-8/h1-6H,(H,15,16). The number of nitrogens with zero attached hydrogens (tertiary/aromatic N) is 3. The molecule has 0 aliphatic carbocycles. The highest BCUT2D eigenvalue weighted by molar-refractivity contribution is 7.13. The van der Waals surface area contributed by atoms with Crippen molar-refractivity contribution in [3.63, 3.8) is 0 Å². The van der Waals surface area contributed by atoms with Crippen LogP contribution in [0.4, 0.5) is 0 Å². The lowest BCUT2D eigenvalue weighted by atomic mass is 10.4. The van der Waals surface area contributed by atoms with Gasteiger partial charge in [-0.3, -0.25) is 9.38 Å². The lowest BCUT2D eigenvalue weighted by molar-refractivity contribution is 0.0693. The summed E-state index contributed by atoms with van der Waals surface area (Å²) in [5.41, 5.74) is 0.532. The molecule has 0 radical (unpaired) electrons. The Morgan fingerprint density at radius 3 is 3.06 bits per heavy atom. The first-order valence-corrected chi connectivity index (χ1v) is 5.74. The third-order valence-corrected chi connectivity index (χ3v) is 3.26. The molecular weight excluding hydrogens is 238 g/mol. The lowest BCUT2D eigenvalue weighted by Gasteiger charge is -1.96. The molecule has 0 aromatic carbocycles. The summed E-state index contributed by atoms with van der Waals surface area (Å²) < 4.78 is 1.74. The number of aromatic carboxylic acids is 1. The summed E-state index contributed by atoms with van der Waals surface area (Å²) in [4.78, 5) is 20.1. The van der Waals surface area contributed by atoms with Gasteiger partial charge in [0.15, 0.2) is 11.5 Å². The molecule has 0 saturated carbocycles. The molecule has 0 bridgehead atoms. The molecule has 0 amide bonds. The summed E-state index contributed by atoms with van der Waals surface area (Å²) in [6, 6.07) is 3.81. The van der Waals surface area contributed by atoms with Crippen LogP contribution in [0.5, 0.6) is 0 Å². The third kappa shape index (κ3) is 1.50. The Balaban J connectivity index is 2.37. The first-order valence-electron chi connectivity index (χ1n) is 4.86. The third-order valence-electron chi connectivity index (χ3n) is 2.39. The minimum absolute atomic E-state index is 0.0292. The Labute approximate surface area is 100 Å². The fourth-order valence-electron chi connectivity index (χ4n) is 1.68. The molecule has 0 spiro atoms. The van der Waals surface area contributed by atoms with Crippen molar-refractivity contribution in [2.75, 3.05) is 0 Å². The van der Waals surface area contributed by atoms with Crippen LogP contribution in [0.3, 0.4) is 0 Å². The van der Waals surface area contributed by atoms with E-state index >= 15 is 0 Å². The van der Waals surface area contributed by atoms with Gasteiger partial charge in [0.25, 0.3) is 0 Å². The first-order chi connectivity index (χ1) is 8.27. The van der Waals surface area contributed by atoms with Crippen molar-refractivity contribution in [1.29, 1.82) is 0 Å². The van der Waals surface area contributed by atoms with Gasteiger partial charge in [0.1, 0.15) is 0 Å². The van der Waals surface area contributed by atoms with E-state index in [1.807, 2.05) is 17.5 Å². The predicted molar refractivity (Wildman–Crippen MR) is 63.3 cm³/mol. The molecule has 5 nitrogen and oxygen atoms in total. The Bertz CT molecular complexity index is 688. The number of hydrogen-bond donors (Lipinski definition) is 1. The molecule has 3 heterocycles. The lowest BCUT2D eigenvalue weighted by Crippen LogP contribution is -1.97. The van der Waals surface area contributed by atoms with Gasteiger partial charge in [-0.25, -0.2) is 9.78 Å². The second kappa shape index (κ2) is 3.67. The maximum Gasteiger partial charge on any atom is 0.356 e.